The van der Waals surface area contributed by atoms with Crippen LogP contribution in [0.2, 0.25) is 0 Å². The van der Waals surface area contributed by atoms with Gasteiger partial charge in [-0.2, -0.15) is 0 Å². The van der Waals surface area contributed by atoms with Crippen LogP contribution in [0.4, 0.5) is 4.79 Å². The first-order valence-electron chi connectivity index (χ1n) is 5.71. The summed E-state index contributed by atoms with van der Waals surface area (Å²) in [7, 11) is 1.48. The van der Waals surface area contributed by atoms with Crippen molar-refractivity contribution in [2.24, 2.45) is 0 Å². The Morgan fingerprint density at radius 2 is 1.65 bits per heavy atom. The van der Waals surface area contributed by atoms with E-state index in [1.54, 1.807) is 6.92 Å². The van der Waals surface area contributed by atoms with Gasteiger partial charge in [-0.25, -0.2) is 4.79 Å². The Morgan fingerprint density at radius 1 is 1.12 bits per heavy atom. The van der Waals surface area contributed by atoms with Gasteiger partial charge in [0.25, 0.3) is 5.91 Å². The van der Waals surface area contributed by atoms with Crippen molar-refractivity contribution in [2.75, 3.05) is 7.05 Å². The third-order valence-electron chi connectivity index (χ3n) is 2.75. The Hall–Kier alpha value is -1.84. The molecule has 0 saturated carbocycles. The first-order chi connectivity index (χ1) is 8.05. The van der Waals surface area contributed by atoms with Gasteiger partial charge in [-0.1, -0.05) is 44.2 Å². The van der Waals surface area contributed by atoms with E-state index in [9.17, 15) is 9.59 Å². The van der Waals surface area contributed by atoms with Crippen molar-refractivity contribution in [1.29, 1.82) is 0 Å². The van der Waals surface area contributed by atoms with Gasteiger partial charge in [0.2, 0.25) is 0 Å². The van der Waals surface area contributed by atoms with Crippen molar-refractivity contribution >= 4 is 11.9 Å². The predicted octanol–water partition coefficient (Wildman–Crippen LogP) is 2.11. The smallest absolute Gasteiger partial charge is 0.319 e. The Bertz CT molecular complexity index is 417. The number of carbonyl (C=O) groups is 2. The van der Waals surface area contributed by atoms with E-state index in [1.165, 1.54) is 7.05 Å². The van der Waals surface area contributed by atoms with Crippen LogP contribution in [0.3, 0.4) is 0 Å². The fraction of sp³-hybridized carbons (Fsp3) is 0.385. The monoisotopic (exact) mass is 234 g/mol. The number of nitrogens with zero attached hydrogens (tertiary/aromatic N) is 1. The topological polar surface area (TPSA) is 49.4 Å². The van der Waals surface area contributed by atoms with E-state index in [4.69, 9.17) is 0 Å². The molecular weight excluding hydrogens is 216 g/mol. The molecule has 1 aromatic rings. The number of urea groups is 1. The summed E-state index contributed by atoms with van der Waals surface area (Å²) in [4.78, 5) is 24.4. The molecule has 1 fully saturated rings. The van der Waals surface area contributed by atoms with Gasteiger partial charge in [-0.3, -0.25) is 9.69 Å². The summed E-state index contributed by atoms with van der Waals surface area (Å²) in [5.41, 5.74) is -0.125. The molecule has 1 aliphatic rings. The lowest BCUT2D eigenvalue weighted by atomic mass is 9.92. The molecule has 4 heteroatoms. The number of benzene rings is 1. The number of carbonyl (C=O) groups excluding carboxylic acids is 2. The maximum Gasteiger partial charge on any atom is 0.325 e. The molecule has 92 valence electrons. The van der Waals surface area contributed by atoms with Gasteiger partial charge in [0.05, 0.1) is 0 Å². The first-order valence-corrected chi connectivity index (χ1v) is 5.71. The van der Waals surface area contributed by atoms with Gasteiger partial charge < -0.3 is 5.32 Å². The molecule has 0 radical (unpaired) electrons. The zero-order valence-corrected chi connectivity index (χ0v) is 10.7. The summed E-state index contributed by atoms with van der Waals surface area (Å²) >= 11 is 0. The van der Waals surface area contributed by atoms with Crippen LogP contribution in [-0.4, -0.2) is 23.9 Å². The molecule has 1 atom stereocenters. The fourth-order valence-electron chi connectivity index (χ4n) is 1.75. The molecular formula is C13H18N2O2. The average Bonchev–Trinajstić information content (AvgIpc) is 2.58. The van der Waals surface area contributed by atoms with E-state index >= 15 is 0 Å². The van der Waals surface area contributed by atoms with Gasteiger partial charge >= 0.3 is 6.03 Å². The second-order valence-corrected chi connectivity index (χ2v) is 3.79. The average molecular weight is 234 g/mol. The minimum absolute atomic E-state index is 0.223. The Balaban J connectivity index is 0.000000686. The lowest BCUT2D eigenvalue weighted by Gasteiger charge is -2.21. The molecule has 0 aromatic heterocycles. The Morgan fingerprint density at radius 3 is 2.06 bits per heavy atom. The number of nitrogens with one attached hydrogen (secondary N) is 1. The summed E-state index contributed by atoms with van der Waals surface area (Å²) in [6, 6.07) is 8.87. The van der Waals surface area contributed by atoms with Crippen LogP contribution in [0.25, 0.3) is 0 Å². The van der Waals surface area contributed by atoms with Crippen LogP contribution in [0, 0.1) is 0 Å². The van der Waals surface area contributed by atoms with E-state index in [-0.39, 0.29) is 11.9 Å². The molecule has 4 nitrogen and oxygen atoms in total. The number of hydrogen-bond donors (Lipinski definition) is 1. The highest BCUT2D eigenvalue weighted by atomic mass is 16.2. The van der Waals surface area contributed by atoms with Crippen LogP contribution < -0.4 is 5.32 Å². The van der Waals surface area contributed by atoms with Crippen LogP contribution >= 0.6 is 0 Å². The molecule has 3 amide bonds. The number of likely N-dealkylation sites (N-methyl/N-ethyl adjacent to an activating group) is 1. The lowest BCUT2D eigenvalue weighted by molar-refractivity contribution is -0.130. The van der Waals surface area contributed by atoms with E-state index in [1.807, 2.05) is 44.2 Å². The highest BCUT2D eigenvalue weighted by Gasteiger charge is 2.47. The minimum Gasteiger partial charge on any atom is -0.319 e. The SMILES string of the molecule is CC.CN1C(=O)NC(C)(c2ccccc2)C1=O. The van der Waals surface area contributed by atoms with Crippen LogP contribution in [0.1, 0.15) is 26.3 Å². The molecule has 1 unspecified atom stereocenters. The summed E-state index contributed by atoms with van der Waals surface area (Å²) in [6.07, 6.45) is 0. The molecule has 17 heavy (non-hydrogen) atoms. The van der Waals surface area contributed by atoms with Crippen molar-refractivity contribution < 1.29 is 9.59 Å². The summed E-state index contributed by atoms with van der Waals surface area (Å²) in [5, 5.41) is 2.68. The highest BCUT2D eigenvalue weighted by molar-refractivity contribution is 6.06. The third kappa shape index (κ3) is 2.16. The van der Waals surface area contributed by atoms with Gasteiger partial charge in [0, 0.05) is 7.05 Å². The Labute approximate surface area is 102 Å². The quantitative estimate of drug-likeness (QED) is 0.756. The van der Waals surface area contributed by atoms with Crippen molar-refractivity contribution in [3.05, 3.63) is 35.9 Å². The molecule has 1 saturated heterocycles. The summed E-state index contributed by atoms with van der Waals surface area (Å²) < 4.78 is 0. The standard InChI is InChI=1S/C11H12N2O2.C2H6/c1-11(8-6-4-3-5-7-8)9(14)13(2)10(15)12-11;1-2/h3-7H,1-2H3,(H,12,15);1-2H3. The molecule has 1 aliphatic heterocycles. The van der Waals surface area contributed by atoms with E-state index in [0.29, 0.717) is 0 Å². The van der Waals surface area contributed by atoms with Crippen molar-refractivity contribution in [2.45, 2.75) is 26.3 Å². The molecule has 0 spiro atoms. The number of amides is 3. The van der Waals surface area contributed by atoms with Crippen LogP contribution in [0.5, 0.6) is 0 Å². The van der Waals surface area contributed by atoms with E-state index < -0.39 is 5.54 Å². The van der Waals surface area contributed by atoms with Gasteiger partial charge in [-0.05, 0) is 12.5 Å². The second kappa shape index (κ2) is 4.99. The molecule has 0 aliphatic carbocycles. The number of rotatable bonds is 1. The minimum atomic E-state index is -0.924. The van der Waals surface area contributed by atoms with Gasteiger partial charge in [0.1, 0.15) is 5.54 Å². The van der Waals surface area contributed by atoms with Crippen molar-refractivity contribution in [3.63, 3.8) is 0 Å². The number of imide groups is 1. The summed E-state index contributed by atoms with van der Waals surface area (Å²) in [6.45, 7) is 5.71. The molecule has 1 N–H and O–H groups in total. The fourth-order valence-corrected chi connectivity index (χ4v) is 1.75. The number of hydrogen-bond acceptors (Lipinski definition) is 2. The van der Waals surface area contributed by atoms with Crippen molar-refractivity contribution in [1.82, 2.24) is 10.2 Å². The normalized spacial score (nSPS) is 22.9. The largest absolute Gasteiger partial charge is 0.325 e. The third-order valence-corrected chi connectivity index (χ3v) is 2.75. The van der Waals surface area contributed by atoms with E-state index in [0.717, 1.165) is 10.5 Å². The predicted molar refractivity (Wildman–Crippen MR) is 66.4 cm³/mol. The zero-order chi connectivity index (χ0) is 13.1. The van der Waals surface area contributed by atoms with Gasteiger partial charge in [-0.15, -0.1) is 0 Å². The summed E-state index contributed by atoms with van der Waals surface area (Å²) in [5.74, 6) is -0.223. The maximum absolute atomic E-state index is 11.9. The lowest BCUT2D eigenvalue weighted by Crippen LogP contribution is -2.40. The second-order valence-electron chi connectivity index (χ2n) is 3.79. The molecule has 1 heterocycles. The van der Waals surface area contributed by atoms with Crippen LogP contribution in [-0.2, 0) is 10.3 Å². The van der Waals surface area contributed by atoms with Crippen molar-refractivity contribution in [3.8, 4) is 0 Å². The van der Waals surface area contributed by atoms with E-state index in [2.05, 4.69) is 5.32 Å². The maximum atomic E-state index is 11.9. The Kier molecular flexibility index (Phi) is 3.89. The highest BCUT2D eigenvalue weighted by Crippen LogP contribution is 2.27. The molecule has 0 bridgehead atoms. The zero-order valence-electron chi connectivity index (χ0n) is 10.7. The van der Waals surface area contributed by atoms with Gasteiger partial charge in [0.15, 0.2) is 0 Å². The first kappa shape index (κ1) is 13.2. The van der Waals surface area contributed by atoms with Crippen LogP contribution in [0.15, 0.2) is 30.3 Å². The molecule has 2 rings (SSSR count). The molecule has 1 aromatic carbocycles.